The van der Waals surface area contributed by atoms with Gasteiger partial charge in [-0.1, -0.05) is 0 Å². The normalized spacial score (nSPS) is 12.9. The van der Waals surface area contributed by atoms with Gasteiger partial charge in [-0.25, -0.2) is 0 Å². The van der Waals surface area contributed by atoms with Crippen molar-refractivity contribution in [3.05, 3.63) is 0 Å². The van der Waals surface area contributed by atoms with Crippen LogP contribution in [-0.2, 0) is 4.74 Å². The standard InChI is InChI=1S/C4H10N2O2/c1-3(8-2)4(5)6-7/h3,7H,1-2H3,(H2,5,6). The van der Waals surface area contributed by atoms with Crippen molar-refractivity contribution in [2.45, 2.75) is 13.0 Å². The summed E-state index contributed by atoms with van der Waals surface area (Å²) >= 11 is 0. The summed E-state index contributed by atoms with van der Waals surface area (Å²) in [4.78, 5) is 0. The molecule has 0 aliphatic carbocycles. The lowest BCUT2D eigenvalue weighted by atomic mass is 10.4. The number of hydroxylamine groups is 1. The molecule has 0 aliphatic rings. The fraction of sp³-hybridized carbons (Fsp3) is 0.750. The maximum Gasteiger partial charge on any atom is 0.146 e. The van der Waals surface area contributed by atoms with Gasteiger partial charge in [0.05, 0.1) is 0 Å². The predicted molar refractivity (Wildman–Crippen MR) is 29.1 cm³/mol. The first-order valence-electron chi connectivity index (χ1n) is 2.23. The molecule has 0 radical (unpaired) electrons. The van der Waals surface area contributed by atoms with E-state index < -0.39 is 0 Å². The van der Waals surface area contributed by atoms with E-state index in [1.165, 1.54) is 7.11 Å². The summed E-state index contributed by atoms with van der Waals surface area (Å²) < 4.78 is 4.66. The summed E-state index contributed by atoms with van der Waals surface area (Å²) in [6.07, 6.45) is -0.361. The first kappa shape index (κ1) is 7.39. The summed E-state index contributed by atoms with van der Waals surface area (Å²) in [6, 6.07) is 0. The van der Waals surface area contributed by atoms with E-state index in [-0.39, 0.29) is 11.9 Å². The molecule has 1 unspecified atom stereocenters. The Bertz CT molecular complexity index is 84.1. The van der Waals surface area contributed by atoms with Crippen molar-refractivity contribution in [2.75, 3.05) is 7.11 Å². The molecule has 3 N–H and O–H groups in total. The van der Waals surface area contributed by atoms with Crippen molar-refractivity contribution in [2.24, 2.45) is 0 Å². The third-order valence-corrected chi connectivity index (χ3v) is 0.881. The molecule has 0 saturated heterocycles. The number of hydrogen-bond acceptors (Lipinski definition) is 3. The third kappa shape index (κ3) is 1.90. The van der Waals surface area contributed by atoms with Gasteiger partial charge in [0.15, 0.2) is 0 Å². The average Bonchev–Trinajstić information content (AvgIpc) is 1.84. The largest absolute Gasteiger partial charge is 0.374 e. The molecular formula is C4H10N2O2. The van der Waals surface area contributed by atoms with Gasteiger partial charge in [-0.3, -0.25) is 16.1 Å². The maximum absolute atomic E-state index is 8.08. The highest BCUT2D eigenvalue weighted by molar-refractivity contribution is 5.81. The van der Waals surface area contributed by atoms with Crippen molar-refractivity contribution in [3.63, 3.8) is 0 Å². The van der Waals surface area contributed by atoms with Gasteiger partial charge in [-0.15, -0.1) is 0 Å². The zero-order valence-corrected chi connectivity index (χ0v) is 4.93. The van der Waals surface area contributed by atoms with Gasteiger partial charge in [0.2, 0.25) is 0 Å². The first-order chi connectivity index (χ1) is 3.72. The Kier molecular flexibility index (Phi) is 3.14. The van der Waals surface area contributed by atoms with Gasteiger partial charge in [0.25, 0.3) is 0 Å². The maximum atomic E-state index is 8.08. The molecule has 4 heteroatoms. The van der Waals surface area contributed by atoms with Crippen LogP contribution in [0.3, 0.4) is 0 Å². The molecule has 0 fully saturated rings. The molecule has 8 heavy (non-hydrogen) atoms. The molecule has 0 aromatic rings. The van der Waals surface area contributed by atoms with Crippen LogP contribution in [0, 0.1) is 5.41 Å². The van der Waals surface area contributed by atoms with Crippen LogP contribution in [-0.4, -0.2) is 24.3 Å². The zero-order valence-electron chi connectivity index (χ0n) is 4.93. The number of ether oxygens (including phenoxy) is 1. The molecule has 0 rings (SSSR count). The van der Waals surface area contributed by atoms with Crippen LogP contribution >= 0.6 is 0 Å². The van der Waals surface area contributed by atoms with Crippen LogP contribution in [0.1, 0.15) is 6.92 Å². The Morgan fingerprint density at radius 2 is 2.38 bits per heavy atom. The third-order valence-electron chi connectivity index (χ3n) is 0.881. The first-order valence-corrected chi connectivity index (χ1v) is 2.23. The smallest absolute Gasteiger partial charge is 0.146 e. The zero-order chi connectivity index (χ0) is 6.57. The van der Waals surface area contributed by atoms with E-state index in [2.05, 4.69) is 4.74 Å². The highest BCUT2D eigenvalue weighted by Gasteiger charge is 2.03. The van der Waals surface area contributed by atoms with E-state index in [0.29, 0.717) is 0 Å². The summed E-state index contributed by atoms with van der Waals surface area (Å²) in [5.41, 5.74) is 1.67. The Labute approximate surface area is 47.9 Å². The van der Waals surface area contributed by atoms with E-state index in [1.54, 1.807) is 12.4 Å². The molecule has 0 amide bonds. The van der Waals surface area contributed by atoms with Crippen molar-refractivity contribution in [3.8, 4) is 0 Å². The minimum atomic E-state index is -0.361. The van der Waals surface area contributed by atoms with Gasteiger partial charge in [0, 0.05) is 7.11 Å². The Balaban J connectivity index is 3.46. The molecule has 0 spiro atoms. The molecule has 4 nitrogen and oxygen atoms in total. The molecule has 48 valence electrons. The fourth-order valence-corrected chi connectivity index (χ4v) is 0.209. The molecular weight excluding hydrogens is 108 g/mol. The van der Waals surface area contributed by atoms with Crippen LogP contribution < -0.4 is 5.48 Å². The quantitative estimate of drug-likeness (QED) is 0.271. The van der Waals surface area contributed by atoms with E-state index in [0.717, 1.165) is 0 Å². The van der Waals surface area contributed by atoms with Crippen LogP contribution in [0.15, 0.2) is 0 Å². The molecule has 0 heterocycles. The van der Waals surface area contributed by atoms with Crippen LogP contribution in [0.25, 0.3) is 0 Å². The molecule has 0 bridgehead atoms. The number of rotatable bonds is 2. The molecule has 0 aromatic heterocycles. The van der Waals surface area contributed by atoms with Crippen molar-refractivity contribution in [1.82, 2.24) is 5.48 Å². The number of amidine groups is 1. The Morgan fingerprint density at radius 1 is 1.88 bits per heavy atom. The predicted octanol–water partition coefficient (Wildman–Crippen LogP) is -0.0226. The van der Waals surface area contributed by atoms with Crippen molar-refractivity contribution in [1.29, 1.82) is 5.41 Å². The Hall–Kier alpha value is -0.610. The summed E-state index contributed by atoms with van der Waals surface area (Å²) in [5.74, 6) is -0.0347. The SMILES string of the molecule is COC(C)C(=N)NO. The van der Waals surface area contributed by atoms with E-state index in [4.69, 9.17) is 10.6 Å². The van der Waals surface area contributed by atoms with Crippen molar-refractivity contribution < 1.29 is 9.94 Å². The van der Waals surface area contributed by atoms with E-state index in [9.17, 15) is 0 Å². The van der Waals surface area contributed by atoms with Gasteiger partial charge in [0.1, 0.15) is 11.9 Å². The second-order valence-electron chi connectivity index (χ2n) is 1.40. The lowest BCUT2D eigenvalue weighted by Gasteiger charge is -2.07. The van der Waals surface area contributed by atoms with Gasteiger partial charge in [-0.2, -0.15) is 0 Å². The monoisotopic (exact) mass is 118 g/mol. The van der Waals surface area contributed by atoms with Crippen LogP contribution in [0.5, 0.6) is 0 Å². The molecule has 0 aliphatic heterocycles. The highest BCUT2D eigenvalue weighted by Crippen LogP contribution is 1.84. The number of nitrogens with one attached hydrogen (secondary N) is 2. The van der Waals surface area contributed by atoms with Crippen LogP contribution in [0.2, 0.25) is 0 Å². The highest BCUT2D eigenvalue weighted by atomic mass is 16.5. The topological polar surface area (TPSA) is 65.3 Å². The van der Waals surface area contributed by atoms with Gasteiger partial charge in [-0.05, 0) is 6.92 Å². The van der Waals surface area contributed by atoms with Gasteiger partial charge >= 0.3 is 0 Å². The molecule has 0 saturated carbocycles. The summed E-state index contributed by atoms with van der Waals surface area (Å²) in [6.45, 7) is 1.66. The molecule has 1 atom stereocenters. The summed E-state index contributed by atoms with van der Waals surface area (Å²) in [7, 11) is 1.47. The van der Waals surface area contributed by atoms with E-state index in [1.807, 2.05) is 0 Å². The Morgan fingerprint density at radius 3 is 2.50 bits per heavy atom. The minimum absolute atomic E-state index is 0.0347. The lowest BCUT2D eigenvalue weighted by molar-refractivity contribution is 0.146. The number of hydrogen-bond donors (Lipinski definition) is 3. The second-order valence-corrected chi connectivity index (χ2v) is 1.40. The lowest BCUT2D eigenvalue weighted by Crippen LogP contribution is -2.30. The fourth-order valence-electron chi connectivity index (χ4n) is 0.209. The summed E-state index contributed by atoms with van der Waals surface area (Å²) in [5, 5.41) is 14.9. The average molecular weight is 118 g/mol. The second kappa shape index (κ2) is 3.40. The minimum Gasteiger partial charge on any atom is -0.374 e. The van der Waals surface area contributed by atoms with Gasteiger partial charge < -0.3 is 4.74 Å². The van der Waals surface area contributed by atoms with Crippen LogP contribution in [0.4, 0.5) is 0 Å². The van der Waals surface area contributed by atoms with Crippen molar-refractivity contribution >= 4 is 5.84 Å². The van der Waals surface area contributed by atoms with E-state index >= 15 is 0 Å². The number of methoxy groups -OCH3 is 1. The molecule has 0 aromatic carbocycles.